The quantitative estimate of drug-likeness (QED) is 0.431. The largest absolute Gasteiger partial charge is 0.586 e. The molecule has 244 valence electrons. The lowest BCUT2D eigenvalue weighted by atomic mass is 9.78. The van der Waals surface area contributed by atoms with E-state index >= 15 is 4.39 Å². The Kier molecular flexibility index (Phi) is 6.61. The highest BCUT2D eigenvalue weighted by Crippen LogP contribution is 2.54. The zero-order valence-corrected chi connectivity index (χ0v) is 26.4. The molecule has 4 aliphatic heterocycles. The summed E-state index contributed by atoms with van der Waals surface area (Å²) in [4.78, 5) is 20.5. The molecule has 6 aliphatic rings. The van der Waals surface area contributed by atoms with Crippen LogP contribution in [0, 0.1) is 5.82 Å². The predicted octanol–water partition coefficient (Wildman–Crippen LogP) is 4.92. The van der Waals surface area contributed by atoms with Crippen molar-refractivity contribution in [2.75, 3.05) is 18.0 Å². The third kappa shape index (κ3) is 5.05. The second-order valence-corrected chi connectivity index (χ2v) is 14.3. The van der Waals surface area contributed by atoms with Gasteiger partial charge in [0.1, 0.15) is 17.2 Å². The number of piperidine rings is 1. The van der Waals surface area contributed by atoms with E-state index in [4.69, 9.17) is 23.8 Å². The highest BCUT2D eigenvalue weighted by atomic mass is 19.3. The molecule has 0 radical (unpaired) electrons. The molecular formula is C33H37BF3N3O6. The van der Waals surface area contributed by atoms with E-state index in [0.29, 0.717) is 59.6 Å². The predicted molar refractivity (Wildman–Crippen MR) is 163 cm³/mol. The molecule has 2 saturated carbocycles. The van der Waals surface area contributed by atoms with Crippen LogP contribution in [0.25, 0.3) is 0 Å². The van der Waals surface area contributed by atoms with Crippen molar-refractivity contribution in [3.63, 3.8) is 0 Å². The third-order valence-electron chi connectivity index (χ3n) is 10.5. The molecule has 2 aromatic carbocycles. The van der Waals surface area contributed by atoms with Crippen molar-refractivity contribution in [3.05, 3.63) is 46.8 Å². The zero-order valence-electron chi connectivity index (χ0n) is 26.4. The molecule has 13 heteroatoms. The second kappa shape index (κ2) is 10.1. The van der Waals surface area contributed by atoms with Crippen molar-refractivity contribution in [2.45, 2.75) is 108 Å². The average Bonchev–Trinajstić information content (AvgIpc) is 3.91. The van der Waals surface area contributed by atoms with E-state index in [0.717, 1.165) is 25.7 Å². The minimum atomic E-state index is -3.73. The van der Waals surface area contributed by atoms with Gasteiger partial charge in [0.05, 0.1) is 23.9 Å². The fraction of sp³-hybridized carbons (Fsp3) is 0.576. The molecule has 4 fully saturated rings. The smallest absolute Gasteiger partial charge is 0.399 e. The number of carbonyl (C=O) groups excluding carboxylic acids is 1. The van der Waals surface area contributed by atoms with Crippen molar-refractivity contribution < 1.29 is 41.5 Å². The van der Waals surface area contributed by atoms with Crippen LogP contribution in [0.2, 0.25) is 0 Å². The second-order valence-electron chi connectivity index (χ2n) is 14.3. The molecule has 2 saturated heterocycles. The summed E-state index contributed by atoms with van der Waals surface area (Å²) in [6.45, 7) is 8.86. The van der Waals surface area contributed by atoms with Gasteiger partial charge in [0.15, 0.2) is 11.5 Å². The first kappa shape index (κ1) is 30.1. The number of fused-ring (bicyclic) bond motifs is 1. The van der Waals surface area contributed by atoms with Gasteiger partial charge in [-0.05, 0) is 102 Å². The Morgan fingerprint density at radius 3 is 2.37 bits per heavy atom. The van der Waals surface area contributed by atoms with E-state index in [2.05, 4.69) is 15.0 Å². The average molecular weight is 639 g/mol. The minimum absolute atomic E-state index is 0.0138. The van der Waals surface area contributed by atoms with Crippen LogP contribution in [-0.4, -0.2) is 61.1 Å². The lowest BCUT2D eigenvalue weighted by molar-refractivity contribution is -0.286. The lowest BCUT2D eigenvalue weighted by Crippen LogP contribution is -2.49. The van der Waals surface area contributed by atoms with Crippen LogP contribution in [0.1, 0.15) is 88.8 Å². The number of anilines is 1. The van der Waals surface area contributed by atoms with E-state index in [1.807, 2.05) is 33.8 Å². The Morgan fingerprint density at radius 1 is 1.02 bits per heavy atom. The van der Waals surface area contributed by atoms with Crippen LogP contribution in [0.3, 0.4) is 0 Å². The molecule has 1 spiro atoms. The van der Waals surface area contributed by atoms with E-state index in [1.54, 1.807) is 6.07 Å². The van der Waals surface area contributed by atoms with Gasteiger partial charge in [-0.25, -0.2) is 4.39 Å². The van der Waals surface area contributed by atoms with Gasteiger partial charge < -0.3 is 33.7 Å². The number of carbonyl (C=O) groups is 1. The molecule has 2 aromatic rings. The minimum Gasteiger partial charge on any atom is -0.399 e. The topological polar surface area (TPSA) is 90.9 Å². The molecule has 1 N–H and O–H groups in total. The van der Waals surface area contributed by atoms with Crippen molar-refractivity contribution in [1.29, 1.82) is 0 Å². The summed E-state index contributed by atoms with van der Waals surface area (Å²) in [6, 6.07) is 6.50. The maximum atomic E-state index is 15.9. The number of hydrogen-bond donors (Lipinski definition) is 1. The van der Waals surface area contributed by atoms with Crippen LogP contribution < -0.4 is 25.2 Å². The number of hydrogen-bond acceptors (Lipinski definition) is 8. The van der Waals surface area contributed by atoms with Crippen LogP contribution in [-0.2, 0) is 25.4 Å². The summed E-state index contributed by atoms with van der Waals surface area (Å²) < 4.78 is 71.8. The molecule has 9 nitrogen and oxygen atoms in total. The van der Waals surface area contributed by atoms with E-state index in [9.17, 15) is 13.6 Å². The summed E-state index contributed by atoms with van der Waals surface area (Å²) in [7, 11) is -0.733. The van der Waals surface area contributed by atoms with Gasteiger partial charge in [-0.15, -0.1) is 8.78 Å². The number of nitrogens with one attached hydrogen (secondary N) is 1. The standard InChI is InChI=1S/C33H37BF3N3O6/c1-30(2)31(3,4)46-34(45-30)19-15-23(35)22(17-42-20-7-8-20)24(16-19)40-13-11-32(12-14-40)29(41)38-28(39-32)21-9-10-25-27(26(21)18-5-6-18)44-33(36,37)43-25/h9-10,15-16,18,20H,5-8,11-14,17H2,1-4H3,(H,38,39,41). The molecule has 8 rings (SSSR count). The van der Waals surface area contributed by atoms with Crippen LogP contribution in [0.15, 0.2) is 29.3 Å². The van der Waals surface area contributed by atoms with Gasteiger partial charge in [-0.3, -0.25) is 9.79 Å². The molecule has 4 heterocycles. The Hall–Kier alpha value is -3.29. The molecule has 0 unspecified atom stereocenters. The molecule has 1 amide bonds. The van der Waals surface area contributed by atoms with E-state index in [-0.39, 0.29) is 41.9 Å². The van der Waals surface area contributed by atoms with Crippen LogP contribution >= 0.6 is 0 Å². The van der Waals surface area contributed by atoms with Crippen LogP contribution in [0.4, 0.5) is 18.9 Å². The fourth-order valence-electron chi connectivity index (χ4n) is 6.74. The number of ether oxygens (including phenoxy) is 3. The summed E-state index contributed by atoms with van der Waals surface area (Å²) in [6.07, 6.45) is 0.780. The zero-order chi connectivity index (χ0) is 32.2. The van der Waals surface area contributed by atoms with Crippen molar-refractivity contribution in [2.24, 2.45) is 4.99 Å². The summed E-state index contributed by atoms with van der Waals surface area (Å²) in [5.74, 6) is -0.232. The van der Waals surface area contributed by atoms with Gasteiger partial charge in [0.25, 0.3) is 5.91 Å². The number of amidine groups is 1. The number of rotatable bonds is 7. The van der Waals surface area contributed by atoms with Gasteiger partial charge in [-0.1, -0.05) is 0 Å². The first-order chi connectivity index (χ1) is 21.7. The number of nitrogens with zero attached hydrogens (tertiary/aromatic N) is 2. The monoisotopic (exact) mass is 639 g/mol. The summed E-state index contributed by atoms with van der Waals surface area (Å²) in [5, 5.41) is 2.94. The highest BCUT2D eigenvalue weighted by molar-refractivity contribution is 6.62. The first-order valence-electron chi connectivity index (χ1n) is 16.1. The highest BCUT2D eigenvalue weighted by Gasteiger charge is 2.53. The normalized spacial score (nSPS) is 25.3. The molecular weight excluding hydrogens is 602 g/mol. The van der Waals surface area contributed by atoms with Crippen LogP contribution in [0.5, 0.6) is 11.5 Å². The molecule has 2 aliphatic carbocycles. The van der Waals surface area contributed by atoms with Gasteiger partial charge >= 0.3 is 13.4 Å². The van der Waals surface area contributed by atoms with Gasteiger partial charge in [0, 0.05) is 35.5 Å². The lowest BCUT2D eigenvalue weighted by Gasteiger charge is -2.38. The molecule has 0 aromatic heterocycles. The Balaban J connectivity index is 1.07. The Labute approximate surface area is 265 Å². The van der Waals surface area contributed by atoms with Crippen molar-refractivity contribution in [1.82, 2.24) is 5.32 Å². The maximum absolute atomic E-state index is 15.9. The number of benzene rings is 2. The van der Waals surface area contributed by atoms with Gasteiger partial charge in [0.2, 0.25) is 0 Å². The molecule has 0 bridgehead atoms. The van der Waals surface area contributed by atoms with Crippen molar-refractivity contribution in [3.8, 4) is 11.5 Å². The number of aliphatic imine (C=N–C) groups is 1. The van der Waals surface area contributed by atoms with Gasteiger partial charge in [-0.2, -0.15) is 0 Å². The third-order valence-corrected chi connectivity index (χ3v) is 10.5. The molecule has 46 heavy (non-hydrogen) atoms. The number of halogens is 3. The SMILES string of the molecule is CC1(C)OB(c2cc(F)c(COC3CC3)c(N3CCC4(CC3)N=C(c3ccc5c(c3C3CC3)OC(F)(F)O5)NC4=O)c2)OC1(C)C. The summed E-state index contributed by atoms with van der Waals surface area (Å²) in [5.41, 5.74) is 0.725. The Bertz CT molecular complexity index is 1630. The van der Waals surface area contributed by atoms with E-state index in [1.165, 1.54) is 12.1 Å². The molecule has 0 atom stereocenters. The first-order valence-corrected chi connectivity index (χ1v) is 16.1. The number of amides is 1. The van der Waals surface area contributed by atoms with Crippen molar-refractivity contribution >= 4 is 30.0 Å². The summed E-state index contributed by atoms with van der Waals surface area (Å²) >= 11 is 0. The van der Waals surface area contributed by atoms with E-state index < -0.39 is 30.2 Å². The maximum Gasteiger partial charge on any atom is 0.586 e. The Morgan fingerprint density at radius 2 is 1.72 bits per heavy atom. The fourth-order valence-corrected chi connectivity index (χ4v) is 6.74. The number of alkyl halides is 2.